The number of likely N-dealkylation sites (N-methyl/N-ethyl adjacent to an activating group) is 1. The summed E-state index contributed by atoms with van der Waals surface area (Å²) < 4.78 is 31.4. The fraction of sp³-hybridized carbons (Fsp3) is 0.538. The van der Waals surface area contributed by atoms with Crippen molar-refractivity contribution in [2.45, 2.75) is 17.9 Å². The standard InChI is InChI=1S/C13H20N2O3S/c1-15(8-9-18-2)19(16,17)13-5-3-4-11-10-14-7-6-12(11)13/h3-5,14H,6-10H2,1-2H3. The summed E-state index contributed by atoms with van der Waals surface area (Å²) >= 11 is 0. The molecular formula is C13H20N2O3S. The molecule has 6 heteroatoms. The highest BCUT2D eigenvalue weighted by Crippen LogP contribution is 2.24. The van der Waals surface area contributed by atoms with E-state index in [1.54, 1.807) is 20.2 Å². The number of hydrogen-bond acceptors (Lipinski definition) is 4. The molecule has 0 aliphatic carbocycles. The molecule has 0 saturated heterocycles. The molecule has 0 radical (unpaired) electrons. The number of nitrogens with zero attached hydrogens (tertiary/aromatic N) is 1. The van der Waals surface area contributed by atoms with Crippen molar-refractivity contribution in [3.05, 3.63) is 29.3 Å². The zero-order valence-electron chi connectivity index (χ0n) is 11.3. The molecule has 5 nitrogen and oxygen atoms in total. The van der Waals surface area contributed by atoms with Crippen LogP contribution in [0.4, 0.5) is 0 Å². The molecule has 0 unspecified atom stereocenters. The Balaban J connectivity index is 2.35. The van der Waals surface area contributed by atoms with Crippen molar-refractivity contribution >= 4 is 10.0 Å². The second-order valence-electron chi connectivity index (χ2n) is 4.64. The molecule has 0 bridgehead atoms. The Morgan fingerprint density at radius 1 is 1.42 bits per heavy atom. The molecule has 2 rings (SSSR count). The maximum absolute atomic E-state index is 12.6. The van der Waals surface area contributed by atoms with Gasteiger partial charge in [0.2, 0.25) is 10.0 Å². The van der Waals surface area contributed by atoms with Gasteiger partial charge in [-0.15, -0.1) is 0 Å². The molecule has 0 aromatic heterocycles. The minimum Gasteiger partial charge on any atom is -0.383 e. The first-order valence-electron chi connectivity index (χ1n) is 6.34. The van der Waals surface area contributed by atoms with Gasteiger partial charge in [0.25, 0.3) is 0 Å². The van der Waals surface area contributed by atoms with Crippen molar-refractivity contribution in [2.75, 3.05) is 33.9 Å². The average Bonchev–Trinajstić information content (AvgIpc) is 2.43. The Hall–Kier alpha value is -0.950. The Labute approximate surface area is 114 Å². The first-order chi connectivity index (χ1) is 9.07. The van der Waals surface area contributed by atoms with Gasteiger partial charge in [0, 0.05) is 27.2 Å². The van der Waals surface area contributed by atoms with Crippen LogP contribution in [0.25, 0.3) is 0 Å². The first-order valence-corrected chi connectivity index (χ1v) is 7.78. The summed E-state index contributed by atoms with van der Waals surface area (Å²) in [5, 5.41) is 3.25. The molecule has 0 spiro atoms. The summed E-state index contributed by atoms with van der Waals surface area (Å²) in [4.78, 5) is 0.435. The Kier molecular flexibility index (Phi) is 4.57. The average molecular weight is 284 g/mol. The highest BCUT2D eigenvalue weighted by Gasteiger charge is 2.25. The van der Waals surface area contributed by atoms with E-state index in [-0.39, 0.29) is 0 Å². The van der Waals surface area contributed by atoms with Gasteiger partial charge in [-0.25, -0.2) is 8.42 Å². The number of hydrogen-bond donors (Lipinski definition) is 1. The molecule has 1 N–H and O–H groups in total. The zero-order valence-corrected chi connectivity index (χ0v) is 12.2. The van der Waals surface area contributed by atoms with E-state index in [1.165, 1.54) is 4.31 Å². The molecule has 1 aliphatic rings. The van der Waals surface area contributed by atoms with Crippen LogP contribution in [0, 0.1) is 0 Å². The molecule has 1 aromatic rings. The van der Waals surface area contributed by atoms with Gasteiger partial charge in [-0.1, -0.05) is 12.1 Å². The second-order valence-corrected chi connectivity index (χ2v) is 6.65. The van der Waals surface area contributed by atoms with E-state index in [4.69, 9.17) is 4.74 Å². The largest absolute Gasteiger partial charge is 0.383 e. The topological polar surface area (TPSA) is 58.6 Å². The van der Waals surface area contributed by atoms with Crippen LogP contribution in [0.15, 0.2) is 23.1 Å². The Bertz CT molecular complexity index is 543. The molecular weight excluding hydrogens is 264 g/mol. The van der Waals surface area contributed by atoms with Gasteiger partial charge in [-0.2, -0.15) is 4.31 Å². The summed E-state index contributed by atoms with van der Waals surface area (Å²) in [5.74, 6) is 0. The van der Waals surface area contributed by atoms with Crippen molar-refractivity contribution in [3.8, 4) is 0 Å². The Morgan fingerprint density at radius 2 is 2.21 bits per heavy atom. The van der Waals surface area contributed by atoms with Gasteiger partial charge in [0.1, 0.15) is 0 Å². The van der Waals surface area contributed by atoms with Crippen molar-refractivity contribution in [2.24, 2.45) is 0 Å². The monoisotopic (exact) mass is 284 g/mol. The SMILES string of the molecule is COCCN(C)S(=O)(=O)c1cccc2c1CCNC2. The van der Waals surface area contributed by atoms with Crippen molar-refractivity contribution < 1.29 is 13.2 Å². The van der Waals surface area contributed by atoms with E-state index >= 15 is 0 Å². The van der Waals surface area contributed by atoms with Crippen LogP contribution in [-0.4, -0.2) is 46.6 Å². The number of nitrogens with one attached hydrogen (secondary N) is 1. The van der Waals surface area contributed by atoms with Crippen LogP contribution < -0.4 is 5.32 Å². The molecule has 0 fully saturated rings. The van der Waals surface area contributed by atoms with E-state index in [2.05, 4.69) is 5.32 Å². The van der Waals surface area contributed by atoms with E-state index in [9.17, 15) is 8.42 Å². The molecule has 19 heavy (non-hydrogen) atoms. The molecule has 0 saturated carbocycles. The number of fused-ring (bicyclic) bond motifs is 1. The Morgan fingerprint density at radius 3 is 2.95 bits per heavy atom. The lowest BCUT2D eigenvalue weighted by Crippen LogP contribution is -2.32. The maximum atomic E-state index is 12.6. The number of rotatable bonds is 5. The molecule has 1 aromatic carbocycles. The van der Waals surface area contributed by atoms with Crippen molar-refractivity contribution in [3.63, 3.8) is 0 Å². The summed E-state index contributed by atoms with van der Waals surface area (Å²) in [6.45, 7) is 2.31. The van der Waals surface area contributed by atoms with Gasteiger partial charge in [0.05, 0.1) is 11.5 Å². The summed E-state index contributed by atoms with van der Waals surface area (Å²) in [7, 11) is -0.269. The van der Waals surface area contributed by atoms with E-state index in [0.717, 1.165) is 30.6 Å². The molecule has 0 amide bonds. The number of benzene rings is 1. The van der Waals surface area contributed by atoms with Crippen LogP contribution in [0.1, 0.15) is 11.1 Å². The predicted molar refractivity (Wildman–Crippen MR) is 73.5 cm³/mol. The van der Waals surface area contributed by atoms with Crippen LogP contribution in [0.5, 0.6) is 0 Å². The zero-order chi connectivity index (χ0) is 13.9. The summed E-state index contributed by atoms with van der Waals surface area (Å²) in [6.07, 6.45) is 0.753. The highest BCUT2D eigenvalue weighted by atomic mass is 32.2. The number of ether oxygens (including phenoxy) is 1. The number of sulfonamides is 1. The lowest BCUT2D eigenvalue weighted by molar-refractivity contribution is 0.185. The molecule has 1 aliphatic heterocycles. The fourth-order valence-corrected chi connectivity index (χ4v) is 3.69. The first kappa shape index (κ1) is 14.5. The van der Waals surface area contributed by atoms with Gasteiger partial charge in [0.15, 0.2) is 0 Å². The minimum atomic E-state index is -3.43. The molecule has 1 heterocycles. The quantitative estimate of drug-likeness (QED) is 0.860. The van der Waals surface area contributed by atoms with Gasteiger partial charge in [-0.3, -0.25) is 0 Å². The van der Waals surface area contributed by atoms with E-state index < -0.39 is 10.0 Å². The summed E-state index contributed by atoms with van der Waals surface area (Å²) in [6, 6.07) is 5.49. The van der Waals surface area contributed by atoms with Gasteiger partial charge < -0.3 is 10.1 Å². The third-order valence-electron chi connectivity index (χ3n) is 3.40. The minimum absolute atomic E-state index is 0.362. The van der Waals surface area contributed by atoms with E-state index in [1.807, 2.05) is 12.1 Å². The third kappa shape index (κ3) is 2.97. The molecule has 106 valence electrons. The van der Waals surface area contributed by atoms with Gasteiger partial charge in [-0.05, 0) is 30.2 Å². The number of methoxy groups -OCH3 is 1. The third-order valence-corrected chi connectivity index (χ3v) is 5.34. The van der Waals surface area contributed by atoms with Crippen LogP contribution in [-0.2, 0) is 27.7 Å². The maximum Gasteiger partial charge on any atom is 0.243 e. The van der Waals surface area contributed by atoms with Gasteiger partial charge >= 0.3 is 0 Å². The lowest BCUT2D eigenvalue weighted by Gasteiger charge is -2.23. The van der Waals surface area contributed by atoms with Crippen molar-refractivity contribution in [1.82, 2.24) is 9.62 Å². The summed E-state index contributed by atoms with van der Waals surface area (Å²) in [5.41, 5.74) is 2.03. The normalized spacial score (nSPS) is 15.5. The van der Waals surface area contributed by atoms with Crippen molar-refractivity contribution in [1.29, 1.82) is 0 Å². The van der Waals surface area contributed by atoms with E-state index in [0.29, 0.717) is 18.0 Å². The second kappa shape index (κ2) is 6.00. The van der Waals surface area contributed by atoms with Crippen LogP contribution in [0.2, 0.25) is 0 Å². The van der Waals surface area contributed by atoms with Crippen LogP contribution in [0.3, 0.4) is 0 Å². The highest BCUT2D eigenvalue weighted by molar-refractivity contribution is 7.89. The smallest absolute Gasteiger partial charge is 0.243 e. The predicted octanol–water partition coefficient (Wildman–Crippen LogP) is 0.599. The molecule has 0 atom stereocenters. The lowest BCUT2D eigenvalue weighted by atomic mass is 10.0. The fourth-order valence-electron chi connectivity index (χ4n) is 2.25. The van der Waals surface area contributed by atoms with Crippen LogP contribution >= 0.6 is 0 Å².